The van der Waals surface area contributed by atoms with Crippen molar-refractivity contribution in [2.45, 2.75) is 31.7 Å². The van der Waals surface area contributed by atoms with Crippen LogP contribution in [0.15, 0.2) is 59.8 Å². The van der Waals surface area contributed by atoms with Gasteiger partial charge in [-0.25, -0.2) is 0 Å². The fourth-order valence-corrected chi connectivity index (χ4v) is 4.95. The number of amides is 2. The van der Waals surface area contributed by atoms with E-state index in [9.17, 15) is 22.8 Å². The number of nitrogens with zero attached hydrogens (tertiary/aromatic N) is 3. The summed E-state index contributed by atoms with van der Waals surface area (Å²) in [6, 6.07) is 13.3. The number of aryl methyl sites for hydroxylation is 2. The fourth-order valence-electron chi connectivity index (χ4n) is 4.02. The number of hydrogen-bond donors (Lipinski definition) is 2. The van der Waals surface area contributed by atoms with Gasteiger partial charge in [-0.15, -0.1) is 10.2 Å². The van der Waals surface area contributed by atoms with E-state index in [1.807, 2.05) is 32.0 Å². The Morgan fingerprint density at radius 3 is 2.33 bits per heavy atom. The van der Waals surface area contributed by atoms with Gasteiger partial charge in [-0.1, -0.05) is 35.5 Å². The maximum atomic E-state index is 13.1. The van der Waals surface area contributed by atoms with Crippen LogP contribution in [0.25, 0.3) is 5.69 Å². The molecule has 2 amide bonds. The predicted molar refractivity (Wildman–Crippen MR) is 157 cm³/mol. The molecule has 1 aromatic heterocycles. The van der Waals surface area contributed by atoms with Crippen LogP contribution in [0, 0.1) is 13.8 Å². The van der Waals surface area contributed by atoms with E-state index < -0.39 is 23.6 Å². The molecule has 1 heterocycles. The highest BCUT2D eigenvalue weighted by atomic mass is 35.5. The van der Waals surface area contributed by atoms with Crippen molar-refractivity contribution in [2.75, 3.05) is 25.3 Å². The molecule has 0 aliphatic carbocycles. The quantitative estimate of drug-likeness (QED) is 0.199. The zero-order chi connectivity index (χ0) is 31.3. The first-order valence-electron chi connectivity index (χ1n) is 12.7. The van der Waals surface area contributed by atoms with E-state index in [0.29, 0.717) is 28.0 Å². The van der Waals surface area contributed by atoms with Gasteiger partial charge in [-0.2, -0.15) is 13.2 Å². The van der Waals surface area contributed by atoms with Gasteiger partial charge in [0, 0.05) is 11.6 Å². The summed E-state index contributed by atoms with van der Waals surface area (Å²) in [6.07, 6.45) is -4.59. The topological polar surface area (TPSA) is 107 Å². The molecule has 0 aliphatic heterocycles. The van der Waals surface area contributed by atoms with Crippen molar-refractivity contribution in [3.63, 3.8) is 0 Å². The van der Waals surface area contributed by atoms with E-state index >= 15 is 0 Å². The van der Waals surface area contributed by atoms with Gasteiger partial charge in [0.25, 0.3) is 5.91 Å². The second kappa shape index (κ2) is 13.4. The Labute approximate surface area is 254 Å². The van der Waals surface area contributed by atoms with E-state index in [4.69, 9.17) is 21.1 Å². The van der Waals surface area contributed by atoms with Gasteiger partial charge in [-0.05, 0) is 61.4 Å². The van der Waals surface area contributed by atoms with Crippen LogP contribution >= 0.6 is 23.4 Å². The fraction of sp³-hybridized carbons (Fsp3) is 0.241. The zero-order valence-corrected chi connectivity index (χ0v) is 25.1. The maximum absolute atomic E-state index is 13.1. The Balaban J connectivity index is 1.56. The number of ether oxygens (including phenoxy) is 2. The highest BCUT2D eigenvalue weighted by Gasteiger charge is 2.31. The molecule has 0 saturated heterocycles. The lowest BCUT2D eigenvalue weighted by atomic mass is 10.1. The van der Waals surface area contributed by atoms with E-state index in [1.54, 1.807) is 22.8 Å². The summed E-state index contributed by atoms with van der Waals surface area (Å²) in [4.78, 5) is 25.8. The number of nitrogens with one attached hydrogen (secondary N) is 2. The third-order valence-electron chi connectivity index (χ3n) is 6.23. The third kappa shape index (κ3) is 7.79. The summed E-state index contributed by atoms with van der Waals surface area (Å²) < 4.78 is 51.6. The monoisotopic (exact) mass is 633 g/mol. The first kappa shape index (κ1) is 31.7. The first-order valence-corrected chi connectivity index (χ1v) is 14.1. The number of alkyl halides is 3. The standard InChI is InChI=1S/C29H27ClF3N5O4S/c1-16-5-6-17(2)24(9-16)38-25(14-34-27(40)18-10-20(41-3)13-21(11-18)42-4)36-37-28(38)43-15-26(39)35-23-12-19(29(31,32)33)7-8-22(23)30/h5-13H,14-15H2,1-4H3,(H,34,40)(H,35,39). The van der Waals surface area contributed by atoms with E-state index in [-0.39, 0.29) is 23.0 Å². The Morgan fingerprint density at radius 1 is 0.977 bits per heavy atom. The van der Waals surface area contributed by atoms with Crippen molar-refractivity contribution in [1.82, 2.24) is 20.1 Å². The molecule has 0 aliphatic rings. The maximum Gasteiger partial charge on any atom is 0.416 e. The second-order valence-corrected chi connectivity index (χ2v) is 10.7. The van der Waals surface area contributed by atoms with Crippen molar-refractivity contribution in [1.29, 1.82) is 0 Å². The smallest absolute Gasteiger partial charge is 0.416 e. The number of benzene rings is 3. The van der Waals surface area contributed by atoms with Gasteiger partial charge < -0.3 is 20.1 Å². The Hall–Kier alpha value is -4.23. The van der Waals surface area contributed by atoms with Crippen molar-refractivity contribution in [2.24, 2.45) is 0 Å². The van der Waals surface area contributed by atoms with Crippen LogP contribution in [0.4, 0.5) is 18.9 Å². The minimum atomic E-state index is -4.59. The first-order chi connectivity index (χ1) is 20.4. The summed E-state index contributed by atoms with van der Waals surface area (Å²) >= 11 is 7.05. The second-order valence-electron chi connectivity index (χ2n) is 9.34. The number of halogens is 4. The van der Waals surface area contributed by atoms with Gasteiger partial charge in [0.15, 0.2) is 11.0 Å². The Morgan fingerprint density at radius 2 is 1.67 bits per heavy atom. The molecule has 14 heteroatoms. The lowest BCUT2D eigenvalue weighted by Gasteiger charge is -2.15. The average Bonchev–Trinajstić information content (AvgIpc) is 3.38. The van der Waals surface area contributed by atoms with Crippen molar-refractivity contribution in [3.8, 4) is 17.2 Å². The average molecular weight is 634 g/mol. The highest BCUT2D eigenvalue weighted by molar-refractivity contribution is 7.99. The molecule has 226 valence electrons. The van der Waals surface area contributed by atoms with Gasteiger partial charge in [0.1, 0.15) is 11.5 Å². The molecule has 3 aromatic carbocycles. The summed E-state index contributed by atoms with van der Waals surface area (Å²) in [5, 5.41) is 14.1. The molecule has 0 radical (unpaired) electrons. The molecule has 0 spiro atoms. The van der Waals surface area contributed by atoms with Crippen molar-refractivity contribution >= 4 is 40.9 Å². The summed E-state index contributed by atoms with van der Waals surface area (Å²) in [5.74, 6) is 0.0902. The molecule has 43 heavy (non-hydrogen) atoms. The zero-order valence-electron chi connectivity index (χ0n) is 23.5. The van der Waals surface area contributed by atoms with Crippen LogP contribution in [0.1, 0.15) is 32.9 Å². The lowest BCUT2D eigenvalue weighted by molar-refractivity contribution is -0.137. The van der Waals surface area contributed by atoms with E-state index in [2.05, 4.69) is 20.8 Å². The predicted octanol–water partition coefficient (Wildman–Crippen LogP) is 6.23. The molecule has 0 saturated carbocycles. The van der Waals surface area contributed by atoms with Crippen molar-refractivity contribution in [3.05, 3.63) is 87.7 Å². The summed E-state index contributed by atoms with van der Waals surface area (Å²) in [5.41, 5.74) is 1.80. The minimum absolute atomic E-state index is 0.00859. The molecule has 4 aromatic rings. The van der Waals surface area contributed by atoms with Crippen molar-refractivity contribution < 1.29 is 32.2 Å². The third-order valence-corrected chi connectivity index (χ3v) is 7.49. The molecule has 0 atom stereocenters. The number of aromatic nitrogens is 3. The lowest BCUT2D eigenvalue weighted by Crippen LogP contribution is -2.25. The Kier molecular flexibility index (Phi) is 9.87. The van der Waals surface area contributed by atoms with Crippen LogP contribution in [-0.2, 0) is 17.5 Å². The van der Waals surface area contributed by atoms with E-state index in [0.717, 1.165) is 46.8 Å². The number of rotatable bonds is 10. The van der Waals surface area contributed by atoms with Crippen LogP contribution in [0.5, 0.6) is 11.5 Å². The highest BCUT2D eigenvalue weighted by Crippen LogP contribution is 2.34. The van der Waals surface area contributed by atoms with Gasteiger partial charge in [0.2, 0.25) is 5.91 Å². The molecular formula is C29H27ClF3N5O4S. The summed E-state index contributed by atoms with van der Waals surface area (Å²) in [6.45, 7) is 3.81. The largest absolute Gasteiger partial charge is 0.497 e. The number of thioether (sulfide) groups is 1. The van der Waals surface area contributed by atoms with Crippen LogP contribution in [0.3, 0.4) is 0 Å². The van der Waals surface area contributed by atoms with Crippen LogP contribution in [-0.4, -0.2) is 46.6 Å². The van der Waals surface area contributed by atoms with Gasteiger partial charge in [-0.3, -0.25) is 14.2 Å². The molecule has 0 fully saturated rings. The number of anilines is 1. The van der Waals surface area contributed by atoms with Gasteiger partial charge >= 0.3 is 6.18 Å². The molecule has 9 nitrogen and oxygen atoms in total. The molecule has 0 bridgehead atoms. The van der Waals surface area contributed by atoms with Gasteiger partial charge in [0.05, 0.1) is 48.5 Å². The van der Waals surface area contributed by atoms with E-state index in [1.165, 1.54) is 14.2 Å². The van der Waals surface area contributed by atoms with Crippen LogP contribution in [0.2, 0.25) is 5.02 Å². The SMILES string of the molecule is COc1cc(OC)cc(C(=O)NCc2nnc(SCC(=O)Nc3cc(C(F)(F)F)ccc3Cl)n2-c2cc(C)ccc2C)c1. The summed E-state index contributed by atoms with van der Waals surface area (Å²) in [7, 11) is 2.97. The molecular weight excluding hydrogens is 607 g/mol. The number of hydrogen-bond acceptors (Lipinski definition) is 7. The number of carbonyl (C=O) groups is 2. The van der Waals surface area contributed by atoms with Crippen LogP contribution < -0.4 is 20.1 Å². The number of carbonyl (C=O) groups excluding carboxylic acids is 2. The minimum Gasteiger partial charge on any atom is -0.497 e. The molecule has 4 rings (SSSR count). The molecule has 0 unspecified atom stereocenters. The Bertz CT molecular complexity index is 1640. The normalized spacial score (nSPS) is 11.3. The number of methoxy groups -OCH3 is 2. The molecule has 2 N–H and O–H groups in total.